The Morgan fingerprint density at radius 3 is 2.48 bits per heavy atom. The highest BCUT2D eigenvalue weighted by atomic mass is 16.5. The zero-order chi connectivity index (χ0) is 18.1. The molecule has 1 aromatic carbocycles. The summed E-state index contributed by atoms with van der Waals surface area (Å²) in [5, 5.41) is 2.90. The number of rotatable bonds is 8. The molecule has 0 atom stereocenters. The van der Waals surface area contributed by atoms with Gasteiger partial charge in [0.2, 0.25) is 5.88 Å². The van der Waals surface area contributed by atoms with Crippen LogP contribution in [0, 0.1) is 0 Å². The van der Waals surface area contributed by atoms with Gasteiger partial charge in [-0.2, -0.15) is 0 Å². The van der Waals surface area contributed by atoms with Crippen LogP contribution in [0.1, 0.15) is 36.7 Å². The van der Waals surface area contributed by atoms with Crippen LogP contribution in [0.3, 0.4) is 0 Å². The Labute approximate surface area is 149 Å². The molecule has 25 heavy (non-hydrogen) atoms. The summed E-state index contributed by atoms with van der Waals surface area (Å²) in [5.41, 5.74) is 1.53. The molecular weight excluding hydrogens is 316 g/mol. The minimum Gasteiger partial charge on any atom is -0.475 e. The molecule has 5 nitrogen and oxygen atoms in total. The van der Waals surface area contributed by atoms with E-state index in [4.69, 9.17) is 9.47 Å². The highest BCUT2D eigenvalue weighted by molar-refractivity contribution is 5.93. The molecule has 0 saturated carbocycles. The fourth-order valence-electron chi connectivity index (χ4n) is 2.16. The summed E-state index contributed by atoms with van der Waals surface area (Å²) in [4.78, 5) is 16.3. The Balaban J connectivity index is 1.72. The van der Waals surface area contributed by atoms with Crippen LogP contribution in [0.4, 0.5) is 0 Å². The number of nitrogens with one attached hydrogen (secondary N) is 1. The summed E-state index contributed by atoms with van der Waals surface area (Å²) in [7, 11) is 0. The van der Waals surface area contributed by atoms with E-state index in [-0.39, 0.29) is 11.5 Å². The summed E-state index contributed by atoms with van der Waals surface area (Å²) in [6.45, 7) is 7.49. The summed E-state index contributed by atoms with van der Waals surface area (Å²) in [6.07, 6.45) is 2.33. The lowest BCUT2D eigenvalue weighted by Crippen LogP contribution is -2.25. The van der Waals surface area contributed by atoms with Crippen molar-refractivity contribution in [2.75, 3.05) is 19.8 Å². The van der Waals surface area contributed by atoms with E-state index >= 15 is 0 Å². The van der Waals surface area contributed by atoms with Crippen LogP contribution >= 0.6 is 0 Å². The number of aromatic nitrogens is 1. The molecule has 0 radical (unpaired) electrons. The largest absolute Gasteiger partial charge is 0.475 e. The third-order valence-corrected chi connectivity index (χ3v) is 3.41. The number of carbonyl (C=O) groups is 1. The molecule has 1 amide bonds. The summed E-state index contributed by atoms with van der Waals surface area (Å²) < 4.78 is 11.1. The maximum absolute atomic E-state index is 12.1. The Morgan fingerprint density at radius 2 is 1.84 bits per heavy atom. The number of nitrogens with zero attached hydrogens (tertiary/aromatic N) is 1. The van der Waals surface area contributed by atoms with Crippen molar-refractivity contribution in [3.63, 3.8) is 0 Å². The van der Waals surface area contributed by atoms with E-state index in [1.807, 2.05) is 51.1 Å². The Morgan fingerprint density at radius 1 is 1.08 bits per heavy atom. The topological polar surface area (TPSA) is 60.5 Å². The minimum absolute atomic E-state index is 0.133. The van der Waals surface area contributed by atoms with Crippen LogP contribution in [-0.2, 0) is 11.2 Å². The zero-order valence-corrected chi connectivity index (χ0v) is 15.1. The molecule has 1 aromatic heterocycles. The molecule has 1 N–H and O–H groups in total. The van der Waals surface area contributed by atoms with Gasteiger partial charge in [0.1, 0.15) is 6.61 Å². The summed E-state index contributed by atoms with van der Waals surface area (Å²) in [5.74, 6) is 0.351. The van der Waals surface area contributed by atoms with Crippen molar-refractivity contribution < 1.29 is 14.3 Å². The van der Waals surface area contributed by atoms with E-state index < -0.39 is 0 Å². The molecule has 0 spiro atoms. The minimum atomic E-state index is -0.182. The van der Waals surface area contributed by atoms with Crippen molar-refractivity contribution in [2.45, 2.75) is 32.8 Å². The maximum atomic E-state index is 12.1. The van der Waals surface area contributed by atoms with Crippen LogP contribution in [0.25, 0.3) is 0 Å². The van der Waals surface area contributed by atoms with Crippen molar-refractivity contribution >= 4 is 5.91 Å². The molecule has 0 aliphatic heterocycles. The summed E-state index contributed by atoms with van der Waals surface area (Å²) >= 11 is 0. The molecular formula is C20H26N2O3. The van der Waals surface area contributed by atoms with E-state index in [1.54, 1.807) is 12.1 Å². The fraction of sp³-hybridized carbons (Fsp3) is 0.400. The second-order valence-electron chi connectivity index (χ2n) is 6.69. The second kappa shape index (κ2) is 9.18. The van der Waals surface area contributed by atoms with Gasteiger partial charge in [0.25, 0.3) is 5.91 Å². The summed E-state index contributed by atoms with van der Waals surface area (Å²) in [6, 6.07) is 13.5. The molecule has 0 aliphatic rings. The molecule has 0 fully saturated rings. The van der Waals surface area contributed by atoms with Gasteiger partial charge in [-0.05, 0) is 38.8 Å². The lowest BCUT2D eigenvalue weighted by Gasteiger charge is -2.19. The molecule has 2 rings (SSSR count). The third-order valence-electron chi connectivity index (χ3n) is 3.41. The zero-order valence-electron chi connectivity index (χ0n) is 15.1. The van der Waals surface area contributed by atoms with Crippen LogP contribution in [0.2, 0.25) is 0 Å². The molecule has 0 unspecified atom stereocenters. The SMILES string of the molecule is CC(C)(C)OCCOc1ccc(C(=O)NCCc2ccccc2)cn1. The Bertz CT molecular complexity index is 649. The highest BCUT2D eigenvalue weighted by Crippen LogP contribution is 2.09. The van der Waals surface area contributed by atoms with Crippen molar-refractivity contribution in [3.8, 4) is 5.88 Å². The number of amides is 1. The molecule has 134 valence electrons. The van der Waals surface area contributed by atoms with Gasteiger partial charge in [0.15, 0.2) is 0 Å². The number of hydrogen-bond donors (Lipinski definition) is 1. The normalized spacial score (nSPS) is 11.2. The maximum Gasteiger partial charge on any atom is 0.252 e. The van der Waals surface area contributed by atoms with Crippen molar-refractivity contribution in [1.29, 1.82) is 0 Å². The fourth-order valence-corrected chi connectivity index (χ4v) is 2.16. The van der Waals surface area contributed by atoms with E-state index in [9.17, 15) is 4.79 Å². The number of carbonyl (C=O) groups excluding carboxylic acids is 1. The monoisotopic (exact) mass is 342 g/mol. The number of hydrogen-bond acceptors (Lipinski definition) is 4. The third kappa shape index (κ3) is 7.35. The van der Waals surface area contributed by atoms with Gasteiger partial charge in [-0.3, -0.25) is 4.79 Å². The smallest absolute Gasteiger partial charge is 0.252 e. The van der Waals surface area contributed by atoms with Gasteiger partial charge in [0, 0.05) is 18.8 Å². The quantitative estimate of drug-likeness (QED) is 0.748. The molecule has 2 aromatic rings. The highest BCUT2D eigenvalue weighted by Gasteiger charge is 2.10. The van der Waals surface area contributed by atoms with E-state index in [0.29, 0.717) is 31.2 Å². The lowest BCUT2D eigenvalue weighted by molar-refractivity contribution is -0.0168. The first-order valence-electron chi connectivity index (χ1n) is 8.49. The van der Waals surface area contributed by atoms with Gasteiger partial charge >= 0.3 is 0 Å². The molecule has 0 aliphatic carbocycles. The predicted molar refractivity (Wildman–Crippen MR) is 97.9 cm³/mol. The van der Waals surface area contributed by atoms with Crippen LogP contribution in [0.15, 0.2) is 48.7 Å². The van der Waals surface area contributed by atoms with E-state index in [1.165, 1.54) is 11.8 Å². The molecule has 1 heterocycles. The van der Waals surface area contributed by atoms with Crippen molar-refractivity contribution in [1.82, 2.24) is 10.3 Å². The first-order chi connectivity index (χ1) is 11.9. The number of ether oxygens (including phenoxy) is 2. The lowest BCUT2D eigenvalue weighted by atomic mass is 10.1. The van der Waals surface area contributed by atoms with Crippen LogP contribution in [0.5, 0.6) is 5.88 Å². The first-order valence-corrected chi connectivity index (χ1v) is 8.49. The standard InChI is InChI=1S/C20H26N2O3/c1-20(2,3)25-14-13-24-18-10-9-17(15-22-18)19(23)21-12-11-16-7-5-4-6-8-16/h4-10,15H,11-14H2,1-3H3,(H,21,23). The predicted octanol–water partition coefficient (Wildman–Crippen LogP) is 3.25. The Kier molecular flexibility index (Phi) is 6.95. The van der Waals surface area contributed by atoms with Crippen LogP contribution < -0.4 is 10.1 Å². The molecule has 0 saturated heterocycles. The number of benzene rings is 1. The average Bonchev–Trinajstić information content (AvgIpc) is 2.59. The molecule has 5 heteroatoms. The van der Waals surface area contributed by atoms with Crippen molar-refractivity contribution in [2.24, 2.45) is 0 Å². The van der Waals surface area contributed by atoms with Gasteiger partial charge in [-0.25, -0.2) is 4.98 Å². The molecule has 0 bridgehead atoms. The van der Waals surface area contributed by atoms with Gasteiger partial charge in [0.05, 0.1) is 17.8 Å². The Hall–Kier alpha value is -2.40. The van der Waals surface area contributed by atoms with Crippen LogP contribution in [-0.4, -0.2) is 36.3 Å². The second-order valence-corrected chi connectivity index (χ2v) is 6.69. The number of pyridine rings is 1. The van der Waals surface area contributed by atoms with E-state index in [2.05, 4.69) is 10.3 Å². The van der Waals surface area contributed by atoms with Gasteiger partial charge < -0.3 is 14.8 Å². The van der Waals surface area contributed by atoms with Gasteiger partial charge in [-0.1, -0.05) is 30.3 Å². The average molecular weight is 342 g/mol. The first kappa shape index (κ1) is 18.9. The van der Waals surface area contributed by atoms with Gasteiger partial charge in [-0.15, -0.1) is 0 Å². The van der Waals surface area contributed by atoms with Crippen molar-refractivity contribution in [3.05, 3.63) is 59.8 Å². The van der Waals surface area contributed by atoms with E-state index in [0.717, 1.165) is 6.42 Å².